The van der Waals surface area contributed by atoms with Crippen molar-refractivity contribution in [2.24, 2.45) is 0 Å². The van der Waals surface area contributed by atoms with Gasteiger partial charge < -0.3 is 9.47 Å². The second kappa shape index (κ2) is 4.99. The second-order valence-electron chi connectivity index (χ2n) is 5.26. The Labute approximate surface area is 111 Å². The fourth-order valence-corrected chi connectivity index (χ4v) is 2.45. The van der Waals surface area contributed by atoms with Gasteiger partial charge in [0.2, 0.25) is 0 Å². The molecule has 0 radical (unpaired) electrons. The van der Waals surface area contributed by atoms with Gasteiger partial charge in [-0.05, 0) is 51.3 Å². The van der Waals surface area contributed by atoms with Crippen LogP contribution in [0.5, 0.6) is 5.75 Å². The first-order chi connectivity index (χ1) is 7.96. The molecule has 17 heavy (non-hydrogen) atoms. The predicted molar refractivity (Wildman–Crippen MR) is 72.6 cm³/mol. The van der Waals surface area contributed by atoms with Crippen LogP contribution in [0.1, 0.15) is 32.3 Å². The predicted octanol–water partition coefficient (Wildman–Crippen LogP) is 4.09. The molecule has 0 bridgehead atoms. The molecule has 2 nitrogen and oxygen atoms in total. The van der Waals surface area contributed by atoms with Gasteiger partial charge >= 0.3 is 0 Å². The van der Waals surface area contributed by atoms with Gasteiger partial charge in [-0.3, -0.25) is 0 Å². The molecule has 94 valence electrons. The molecule has 1 aliphatic rings. The zero-order valence-electron chi connectivity index (χ0n) is 10.6. The van der Waals surface area contributed by atoms with Crippen molar-refractivity contribution in [1.82, 2.24) is 0 Å². The fraction of sp³-hybridized carbons (Fsp3) is 0.571. The molecule has 0 saturated carbocycles. The molecular formula is C14H19BrO2. The van der Waals surface area contributed by atoms with E-state index in [1.807, 2.05) is 12.1 Å². The van der Waals surface area contributed by atoms with Gasteiger partial charge in [-0.2, -0.15) is 0 Å². The molecule has 0 aromatic heterocycles. The number of aryl methyl sites for hydroxylation is 1. The summed E-state index contributed by atoms with van der Waals surface area (Å²) in [6.07, 6.45) is 2.42. The molecule has 0 N–H and O–H groups in total. The highest BCUT2D eigenvalue weighted by Crippen LogP contribution is 2.30. The highest BCUT2D eigenvalue weighted by atomic mass is 79.9. The largest absolute Gasteiger partial charge is 0.491 e. The van der Waals surface area contributed by atoms with E-state index in [0.717, 1.165) is 28.6 Å². The maximum Gasteiger partial charge on any atom is 0.123 e. The van der Waals surface area contributed by atoms with Gasteiger partial charge in [0.15, 0.2) is 0 Å². The molecule has 0 spiro atoms. The highest BCUT2D eigenvalue weighted by Gasteiger charge is 2.31. The number of hydrogen-bond acceptors (Lipinski definition) is 2. The molecule has 1 fully saturated rings. The lowest BCUT2D eigenvalue weighted by molar-refractivity contribution is -0.0327. The van der Waals surface area contributed by atoms with Crippen molar-refractivity contribution in [3.8, 4) is 5.75 Å². The first-order valence-corrected chi connectivity index (χ1v) is 6.82. The molecular weight excluding hydrogens is 280 g/mol. The number of benzene rings is 1. The summed E-state index contributed by atoms with van der Waals surface area (Å²) < 4.78 is 12.8. The number of ether oxygens (including phenoxy) is 2. The Morgan fingerprint density at radius 1 is 1.47 bits per heavy atom. The van der Waals surface area contributed by atoms with Crippen LogP contribution < -0.4 is 4.74 Å². The van der Waals surface area contributed by atoms with E-state index >= 15 is 0 Å². The molecule has 0 amide bonds. The summed E-state index contributed by atoms with van der Waals surface area (Å²) in [6, 6.07) is 6.09. The topological polar surface area (TPSA) is 18.5 Å². The summed E-state index contributed by atoms with van der Waals surface area (Å²) in [4.78, 5) is 0. The standard InChI is InChI=1S/C14H19BrO2/c1-10-4-5-11(15)8-13(10)16-9-12-6-7-14(2,3)17-12/h4-5,8,12H,6-7,9H2,1-3H3. The zero-order valence-corrected chi connectivity index (χ0v) is 12.2. The Morgan fingerprint density at radius 3 is 2.88 bits per heavy atom. The van der Waals surface area contributed by atoms with Crippen LogP contribution in [-0.4, -0.2) is 18.3 Å². The summed E-state index contributed by atoms with van der Waals surface area (Å²) in [5, 5.41) is 0. The van der Waals surface area contributed by atoms with Gasteiger partial charge in [0.25, 0.3) is 0 Å². The van der Waals surface area contributed by atoms with Gasteiger partial charge in [0.05, 0.1) is 11.7 Å². The van der Waals surface area contributed by atoms with Crippen molar-refractivity contribution in [2.75, 3.05) is 6.61 Å². The van der Waals surface area contributed by atoms with Crippen LogP contribution >= 0.6 is 15.9 Å². The van der Waals surface area contributed by atoms with E-state index in [1.165, 1.54) is 0 Å². The number of halogens is 1. The number of hydrogen-bond donors (Lipinski definition) is 0. The van der Waals surface area contributed by atoms with Crippen LogP contribution in [-0.2, 0) is 4.74 Å². The molecule has 2 rings (SSSR count). The van der Waals surface area contributed by atoms with Gasteiger partial charge in [-0.1, -0.05) is 22.0 Å². The van der Waals surface area contributed by atoms with Crippen molar-refractivity contribution in [3.05, 3.63) is 28.2 Å². The van der Waals surface area contributed by atoms with Crippen LogP contribution in [0.15, 0.2) is 22.7 Å². The van der Waals surface area contributed by atoms with Crippen LogP contribution in [0.2, 0.25) is 0 Å². The van der Waals surface area contributed by atoms with Crippen LogP contribution in [0, 0.1) is 6.92 Å². The summed E-state index contributed by atoms with van der Waals surface area (Å²) in [7, 11) is 0. The molecule has 1 aromatic carbocycles. The van der Waals surface area contributed by atoms with Gasteiger partial charge in [0, 0.05) is 4.47 Å². The van der Waals surface area contributed by atoms with E-state index in [1.54, 1.807) is 0 Å². The van der Waals surface area contributed by atoms with Crippen molar-refractivity contribution in [2.45, 2.75) is 45.3 Å². The lowest BCUT2D eigenvalue weighted by Crippen LogP contribution is -2.24. The van der Waals surface area contributed by atoms with E-state index in [9.17, 15) is 0 Å². The third-order valence-corrected chi connectivity index (χ3v) is 3.62. The minimum Gasteiger partial charge on any atom is -0.491 e. The maximum atomic E-state index is 5.90. The summed E-state index contributed by atoms with van der Waals surface area (Å²) in [5.74, 6) is 0.938. The van der Waals surface area contributed by atoms with E-state index in [2.05, 4.69) is 42.8 Å². The zero-order chi connectivity index (χ0) is 12.5. The summed E-state index contributed by atoms with van der Waals surface area (Å²) in [5.41, 5.74) is 1.17. The summed E-state index contributed by atoms with van der Waals surface area (Å²) >= 11 is 3.46. The highest BCUT2D eigenvalue weighted by molar-refractivity contribution is 9.10. The van der Waals surface area contributed by atoms with Crippen molar-refractivity contribution >= 4 is 15.9 Å². The quantitative estimate of drug-likeness (QED) is 0.837. The smallest absolute Gasteiger partial charge is 0.123 e. The van der Waals surface area contributed by atoms with Gasteiger partial charge in [0.1, 0.15) is 12.4 Å². The third kappa shape index (κ3) is 3.46. The molecule has 0 aliphatic carbocycles. The SMILES string of the molecule is Cc1ccc(Br)cc1OCC1CCC(C)(C)O1. The first kappa shape index (κ1) is 12.9. The third-order valence-electron chi connectivity index (χ3n) is 3.13. The minimum atomic E-state index is 0.0142. The number of rotatable bonds is 3. The Hall–Kier alpha value is -0.540. The molecule has 1 saturated heterocycles. The van der Waals surface area contributed by atoms with E-state index in [0.29, 0.717) is 6.61 Å². The second-order valence-corrected chi connectivity index (χ2v) is 6.17. The lowest BCUT2D eigenvalue weighted by Gasteiger charge is -2.19. The average Bonchev–Trinajstić information content (AvgIpc) is 2.60. The van der Waals surface area contributed by atoms with Crippen molar-refractivity contribution in [1.29, 1.82) is 0 Å². The molecule has 1 heterocycles. The molecule has 1 aromatic rings. The molecule has 1 unspecified atom stereocenters. The van der Waals surface area contributed by atoms with Crippen molar-refractivity contribution in [3.63, 3.8) is 0 Å². The van der Waals surface area contributed by atoms with E-state index < -0.39 is 0 Å². The molecule has 3 heteroatoms. The van der Waals surface area contributed by atoms with Crippen LogP contribution in [0.25, 0.3) is 0 Å². The minimum absolute atomic E-state index is 0.0142. The fourth-order valence-electron chi connectivity index (χ4n) is 2.11. The summed E-state index contributed by atoms with van der Waals surface area (Å²) in [6.45, 7) is 6.97. The van der Waals surface area contributed by atoms with Gasteiger partial charge in [-0.25, -0.2) is 0 Å². The van der Waals surface area contributed by atoms with Crippen LogP contribution in [0.3, 0.4) is 0 Å². The monoisotopic (exact) mass is 298 g/mol. The van der Waals surface area contributed by atoms with Gasteiger partial charge in [-0.15, -0.1) is 0 Å². The Morgan fingerprint density at radius 2 is 2.24 bits per heavy atom. The lowest BCUT2D eigenvalue weighted by atomic mass is 10.1. The normalized spacial score (nSPS) is 22.7. The van der Waals surface area contributed by atoms with E-state index in [4.69, 9.17) is 9.47 Å². The first-order valence-electron chi connectivity index (χ1n) is 6.03. The maximum absolute atomic E-state index is 5.90. The van der Waals surface area contributed by atoms with Crippen molar-refractivity contribution < 1.29 is 9.47 Å². The van der Waals surface area contributed by atoms with E-state index in [-0.39, 0.29) is 11.7 Å². The molecule has 1 atom stereocenters. The average molecular weight is 299 g/mol. The Kier molecular flexibility index (Phi) is 3.79. The Balaban J connectivity index is 1.92. The Bertz CT molecular complexity index is 401. The molecule has 1 aliphatic heterocycles. The van der Waals surface area contributed by atoms with Crippen LogP contribution in [0.4, 0.5) is 0 Å².